The lowest BCUT2D eigenvalue weighted by molar-refractivity contribution is 0.0924. The molecule has 1 atom stereocenters. The molecule has 2 rings (SSSR count). The van der Waals surface area contributed by atoms with Crippen molar-refractivity contribution >= 4 is 17.2 Å². The smallest absolute Gasteiger partial charge is 0.287 e. The number of nitrogens with two attached hydrogens (primary N) is 1. The molecule has 2 heterocycles. The number of furan rings is 1. The normalized spacial score (nSPS) is 12.3. The number of hydrogen-bond donors (Lipinski definition) is 2. The van der Waals surface area contributed by atoms with Crippen LogP contribution in [0, 0.1) is 0 Å². The van der Waals surface area contributed by atoms with Gasteiger partial charge in [0.2, 0.25) is 0 Å². The van der Waals surface area contributed by atoms with E-state index in [0.29, 0.717) is 18.1 Å². The Kier molecular flexibility index (Phi) is 4.17. The largest absolute Gasteiger partial charge is 0.454 e. The zero-order valence-corrected chi connectivity index (χ0v) is 11.0. The highest BCUT2D eigenvalue weighted by Crippen LogP contribution is 2.14. The van der Waals surface area contributed by atoms with Crippen LogP contribution < -0.4 is 11.1 Å². The number of nitrogens with one attached hydrogen (secondary N) is 1. The Labute approximate surface area is 110 Å². The zero-order valence-electron chi connectivity index (χ0n) is 10.2. The molecular formula is C13H16N2O2S. The molecule has 0 radical (unpaired) electrons. The van der Waals surface area contributed by atoms with E-state index in [1.165, 1.54) is 4.88 Å². The lowest BCUT2D eigenvalue weighted by Crippen LogP contribution is -2.25. The molecular weight excluding hydrogens is 248 g/mol. The summed E-state index contributed by atoms with van der Waals surface area (Å²) in [6, 6.07) is 7.25. The topological polar surface area (TPSA) is 68.3 Å². The van der Waals surface area contributed by atoms with E-state index in [0.717, 1.165) is 6.42 Å². The molecule has 18 heavy (non-hydrogen) atoms. The summed E-state index contributed by atoms with van der Waals surface area (Å²) in [5.41, 5.74) is 5.67. The van der Waals surface area contributed by atoms with Crippen molar-refractivity contribution < 1.29 is 9.21 Å². The highest BCUT2D eigenvalue weighted by atomic mass is 32.1. The van der Waals surface area contributed by atoms with Crippen molar-refractivity contribution in [2.75, 3.05) is 6.54 Å². The summed E-state index contributed by atoms with van der Waals surface area (Å²) in [6.07, 6.45) is 0.838. The molecule has 4 nitrogen and oxygen atoms in total. The minimum absolute atomic E-state index is 0.196. The molecule has 0 saturated heterocycles. The molecule has 1 amide bonds. The maximum Gasteiger partial charge on any atom is 0.287 e. The second-order valence-electron chi connectivity index (χ2n) is 4.08. The summed E-state index contributed by atoms with van der Waals surface area (Å²) in [5.74, 6) is 0.741. The Morgan fingerprint density at radius 2 is 2.33 bits per heavy atom. The maximum absolute atomic E-state index is 11.8. The van der Waals surface area contributed by atoms with E-state index in [-0.39, 0.29) is 11.9 Å². The first kappa shape index (κ1) is 12.9. The average molecular weight is 264 g/mol. The third-order valence-corrected chi connectivity index (χ3v) is 3.47. The molecule has 3 N–H and O–H groups in total. The summed E-state index contributed by atoms with van der Waals surface area (Å²) >= 11 is 1.69. The van der Waals surface area contributed by atoms with Crippen LogP contribution in [0.15, 0.2) is 34.1 Å². The number of thiophene rings is 1. The molecule has 1 unspecified atom stereocenters. The van der Waals surface area contributed by atoms with Crippen molar-refractivity contribution in [3.63, 3.8) is 0 Å². The van der Waals surface area contributed by atoms with Crippen LogP contribution in [0.1, 0.15) is 34.2 Å². The standard InChI is InChI=1S/C13H16N2O2S/c1-9(14)11-4-5-12(17-11)13(16)15-7-6-10-3-2-8-18-10/h2-5,8-9H,6-7,14H2,1H3,(H,15,16). The molecule has 0 bridgehead atoms. The summed E-state index contributed by atoms with van der Waals surface area (Å²) in [5, 5.41) is 4.85. The van der Waals surface area contributed by atoms with E-state index in [2.05, 4.69) is 11.4 Å². The molecule has 0 fully saturated rings. The number of amides is 1. The highest BCUT2D eigenvalue weighted by molar-refractivity contribution is 7.09. The molecule has 96 valence electrons. The minimum Gasteiger partial charge on any atom is -0.454 e. The van der Waals surface area contributed by atoms with E-state index in [1.54, 1.807) is 23.5 Å². The molecule has 0 aliphatic rings. The van der Waals surface area contributed by atoms with Crippen molar-refractivity contribution in [3.8, 4) is 0 Å². The Hall–Kier alpha value is -1.59. The maximum atomic E-state index is 11.8. The van der Waals surface area contributed by atoms with Gasteiger partial charge in [-0.15, -0.1) is 11.3 Å². The Balaban J connectivity index is 1.83. The third-order valence-electron chi connectivity index (χ3n) is 2.54. The molecule has 2 aromatic rings. The minimum atomic E-state index is -0.197. The van der Waals surface area contributed by atoms with Gasteiger partial charge in [0.1, 0.15) is 5.76 Å². The van der Waals surface area contributed by atoms with Crippen LogP contribution in [-0.4, -0.2) is 12.5 Å². The molecule has 0 aliphatic carbocycles. The van der Waals surface area contributed by atoms with Gasteiger partial charge in [-0.2, -0.15) is 0 Å². The van der Waals surface area contributed by atoms with Crippen LogP contribution >= 0.6 is 11.3 Å². The van der Waals surface area contributed by atoms with Gasteiger partial charge < -0.3 is 15.5 Å². The van der Waals surface area contributed by atoms with E-state index < -0.39 is 0 Å². The van der Waals surface area contributed by atoms with Crippen molar-refractivity contribution in [1.82, 2.24) is 5.32 Å². The highest BCUT2D eigenvalue weighted by Gasteiger charge is 2.12. The summed E-state index contributed by atoms with van der Waals surface area (Å²) in [4.78, 5) is 13.0. The second-order valence-corrected chi connectivity index (χ2v) is 5.11. The van der Waals surface area contributed by atoms with Gasteiger partial charge in [0.15, 0.2) is 5.76 Å². The predicted molar refractivity (Wildman–Crippen MR) is 71.7 cm³/mol. The van der Waals surface area contributed by atoms with E-state index >= 15 is 0 Å². The first-order chi connectivity index (χ1) is 8.66. The number of carbonyl (C=O) groups excluding carboxylic acids is 1. The van der Waals surface area contributed by atoms with Gasteiger partial charge in [-0.05, 0) is 36.9 Å². The third kappa shape index (κ3) is 3.21. The van der Waals surface area contributed by atoms with Crippen LogP contribution in [-0.2, 0) is 6.42 Å². The SMILES string of the molecule is CC(N)c1ccc(C(=O)NCCc2cccs2)o1. The van der Waals surface area contributed by atoms with Crippen molar-refractivity contribution in [1.29, 1.82) is 0 Å². The van der Waals surface area contributed by atoms with Crippen LogP contribution in [0.4, 0.5) is 0 Å². The number of carbonyl (C=O) groups is 1. The fourth-order valence-corrected chi connectivity index (χ4v) is 2.27. The molecule has 0 saturated carbocycles. The number of hydrogen-bond acceptors (Lipinski definition) is 4. The van der Waals surface area contributed by atoms with Gasteiger partial charge in [-0.1, -0.05) is 6.07 Å². The molecule has 0 spiro atoms. The molecule has 0 aromatic carbocycles. The number of rotatable bonds is 5. The lowest BCUT2D eigenvalue weighted by Gasteiger charge is -2.02. The molecule has 5 heteroatoms. The lowest BCUT2D eigenvalue weighted by atomic mass is 10.3. The first-order valence-electron chi connectivity index (χ1n) is 5.82. The molecule has 0 aliphatic heterocycles. The van der Waals surface area contributed by atoms with E-state index in [1.807, 2.05) is 18.4 Å². The second kappa shape index (κ2) is 5.84. The fourth-order valence-electron chi connectivity index (χ4n) is 1.56. The summed E-state index contributed by atoms with van der Waals surface area (Å²) in [6.45, 7) is 2.42. The van der Waals surface area contributed by atoms with Crippen molar-refractivity contribution in [2.24, 2.45) is 5.73 Å². The van der Waals surface area contributed by atoms with Crippen molar-refractivity contribution in [3.05, 3.63) is 46.0 Å². The van der Waals surface area contributed by atoms with E-state index in [4.69, 9.17) is 10.2 Å². The van der Waals surface area contributed by atoms with Gasteiger partial charge >= 0.3 is 0 Å². The zero-order chi connectivity index (χ0) is 13.0. The summed E-state index contributed by atoms with van der Waals surface area (Å²) < 4.78 is 5.36. The molecule has 2 aromatic heterocycles. The van der Waals surface area contributed by atoms with Gasteiger partial charge in [0.25, 0.3) is 5.91 Å². The van der Waals surface area contributed by atoms with Crippen LogP contribution in [0.5, 0.6) is 0 Å². The van der Waals surface area contributed by atoms with Crippen molar-refractivity contribution in [2.45, 2.75) is 19.4 Å². The van der Waals surface area contributed by atoms with E-state index in [9.17, 15) is 4.79 Å². The van der Waals surface area contributed by atoms with Gasteiger partial charge in [0, 0.05) is 11.4 Å². The Morgan fingerprint density at radius 1 is 1.50 bits per heavy atom. The first-order valence-corrected chi connectivity index (χ1v) is 6.70. The monoisotopic (exact) mass is 264 g/mol. The van der Waals surface area contributed by atoms with Crippen LogP contribution in [0.25, 0.3) is 0 Å². The average Bonchev–Trinajstić information content (AvgIpc) is 2.99. The predicted octanol–water partition coefficient (Wildman–Crippen LogP) is 2.33. The summed E-state index contributed by atoms with van der Waals surface area (Å²) in [7, 11) is 0. The van der Waals surface area contributed by atoms with Gasteiger partial charge in [-0.25, -0.2) is 0 Å². The Bertz CT molecular complexity index is 503. The van der Waals surface area contributed by atoms with Gasteiger partial charge in [-0.3, -0.25) is 4.79 Å². The quantitative estimate of drug-likeness (QED) is 0.871. The van der Waals surface area contributed by atoms with Gasteiger partial charge in [0.05, 0.1) is 6.04 Å². The van der Waals surface area contributed by atoms with Crippen LogP contribution in [0.3, 0.4) is 0 Å². The Morgan fingerprint density at radius 3 is 2.94 bits per heavy atom. The van der Waals surface area contributed by atoms with Crippen LogP contribution in [0.2, 0.25) is 0 Å². The fraction of sp³-hybridized carbons (Fsp3) is 0.308.